The van der Waals surface area contributed by atoms with Crippen LogP contribution in [-0.4, -0.2) is 33.5 Å². The first kappa shape index (κ1) is 25.1. The van der Waals surface area contributed by atoms with Gasteiger partial charge in [-0.05, 0) is 73.1 Å². The van der Waals surface area contributed by atoms with Crippen LogP contribution < -0.4 is 5.32 Å². The van der Waals surface area contributed by atoms with Gasteiger partial charge in [-0.1, -0.05) is 58.4 Å². The van der Waals surface area contributed by atoms with Gasteiger partial charge < -0.3 is 15.5 Å². The SMILES string of the molecule is CC(C)C1=CN(C2CCC(C(O)O)C2)C(=O)N[C@@]1(C)c1ccc(CCC(C)(C)C)c(Cl)c1. The lowest BCUT2D eigenvalue weighted by Gasteiger charge is -2.44. The van der Waals surface area contributed by atoms with Crippen LogP contribution in [0.2, 0.25) is 5.02 Å². The Balaban J connectivity index is 1.89. The Morgan fingerprint density at radius 2 is 1.94 bits per heavy atom. The molecule has 0 spiro atoms. The fourth-order valence-electron chi connectivity index (χ4n) is 5.01. The van der Waals surface area contributed by atoms with E-state index < -0.39 is 11.8 Å². The molecule has 0 bridgehead atoms. The molecule has 3 rings (SSSR count). The van der Waals surface area contributed by atoms with Gasteiger partial charge in [-0.3, -0.25) is 4.90 Å². The largest absolute Gasteiger partial charge is 0.368 e. The molecule has 3 N–H and O–H groups in total. The number of urea groups is 1. The molecular formula is C26H39ClN2O3. The molecule has 1 aromatic rings. The van der Waals surface area contributed by atoms with Gasteiger partial charge in [-0.25, -0.2) is 4.79 Å². The molecule has 1 heterocycles. The van der Waals surface area contributed by atoms with Crippen molar-refractivity contribution in [3.63, 3.8) is 0 Å². The molecule has 2 amide bonds. The molecular weight excluding hydrogens is 424 g/mol. The first-order valence-electron chi connectivity index (χ1n) is 11.8. The lowest BCUT2D eigenvalue weighted by Crippen LogP contribution is -2.56. The van der Waals surface area contributed by atoms with Crippen molar-refractivity contribution in [2.24, 2.45) is 17.3 Å². The Hall–Kier alpha value is -1.56. The highest BCUT2D eigenvalue weighted by molar-refractivity contribution is 6.31. The molecule has 1 aliphatic heterocycles. The van der Waals surface area contributed by atoms with E-state index in [1.807, 2.05) is 19.2 Å². The van der Waals surface area contributed by atoms with Crippen LogP contribution in [0.4, 0.5) is 4.79 Å². The van der Waals surface area contributed by atoms with Gasteiger partial charge in [0, 0.05) is 23.2 Å². The average molecular weight is 463 g/mol. The van der Waals surface area contributed by atoms with Gasteiger partial charge in [0.2, 0.25) is 0 Å². The van der Waals surface area contributed by atoms with E-state index in [0.29, 0.717) is 12.8 Å². The zero-order valence-electron chi connectivity index (χ0n) is 20.3. The molecule has 2 unspecified atom stereocenters. The van der Waals surface area contributed by atoms with E-state index in [2.05, 4.69) is 52.1 Å². The minimum Gasteiger partial charge on any atom is -0.368 e. The highest BCUT2D eigenvalue weighted by Gasteiger charge is 2.43. The first-order valence-corrected chi connectivity index (χ1v) is 12.2. The molecule has 0 saturated heterocycles. The smallest absolute Gasteiger partial charge is 0.322 e. The van der Waals surface area contributed by atoms with E-state index in [1.54, 1.807) is 4.90 Å². The summed E-state index contributed by atoms with van der Waals surface area (Å²) < 4.78 is 0. The minimum atomic E-state index is -1.33. The standard InChI is InChI=1S/C26H39ClN2O3/c1-16(2)21-15-29(20-10-8-18(13-20)23(30)31)24(32)28-26(21,6)19-9-7-17(22(27)14-19)11-12-25(3,4)5/h7,9,14-16,18,20,23,30-31H,8,10-13H2,1-6H3,(H,28,32)/t18?,20?,26-/m0/s1. The van der Waals surface area contributed by atoms with Gasteiger partial charge in [-0.2, -0.15) is 0 Å². The van der Waals surface area contributed by atoms with E-state index >= 15 is 0 Å². The summed E-state index contributed by atoms with van der Waals surface area (Å²) in [7, 11) is 0. The second kappa shape index (κ2) is 9.36. The molecule has 32 heavy (non-hydrogen) atoms. The minimum absolute atomic E-state index is 0.0246. The summed E-state index contributed by atoms with van der Waals surface area (Å²) in [5, 5.41) is 23.1. The van der Waals surface area contributed by atoms with E-state index in [4.69, 9.17) is 11.6 Å². The van der Waals surface area contributed by atoms with Crippen molar-refractivity contribution in [1.29, 1.82) is 0 Å². The Bertz CT molecular complexity index is 874. The number of carbonyl (C=O) groups excluding carboxylic acids is 1. The van der Waals surface area contributed by atoms with Crippen LogP contribution in [0, 0.1) is 17.3 Å². The molecule has 1 fully saturated rings. The van der Waals surface area contributed by atoms with Crippen molar-refractivity contribution in [1.82, 2.24) is 10.2 Å². The zero-order chi connectivity index (χ0) is 23.8. The number of carbonyl (C=O) groups is 1. The van der Waals surface area contributed by atoms with Gasteiger partial charge in [0.15, 0.2) is 6.29 Å². The number of aliphatic hydroxyl groups excluding tert-OH is 1. The third-order valence-electron chi connectivity index (χ3n) is 7.10. The highest BCUT2D eigenvalue weighted by Crippen LogP contribution is 2.41. The number of rotatable bonds is 6. The number of nitrogens with one attached hydrogen (secondary N) is 1. The van der Waals surface area contributed by atoms with E-state index in [-0.39, 0.29) is 29.3 Å². The van der Waals surface area contributed by atoms with Gasteiger partial charge in [-0.15, -0.1) is 0 Å². The number of hydrogen-bond acceptors (Lipinski definition) is 3. The molecule has 1 aromatic carbocycles. The maximum Gasteiger partial charge on any atom is 0.322 e. The normalized spacial score (nSPS) is 26.7. The molecule has 6 heteroatoms. The lowest BCUT2D eigenvalue weighted by atomic mass is 9.77. The van der Waals surface area contributed by atoms with E-state index in [1.165, 1.54) is 0 Å². The maximum atomic E-state index is 13.2. The predicted molar refractivity (Wildman–Crippen MR) is 129 cm³/mol. The first-order chi connectivity index (χ1) is 14.8. The van der Waals surface area contributed by atoms with Crippen molar-refractivity contribution in [3.05, 3.63) is 46.1 Å². The third kappa shape index (κ3) is 5.32. The Kier molecular flexibility index (Phi) is 7.33. The zero-order valence-corrected chi connectivity index (χ0v) is 21.0. The highest BCUT2D eigenvalue weighted by atomic mass is 35.5. The van der Waals surface area contributed by atoms with Crippen LogP contribution in [-0.2, 0) is 12.0 Å². The molecule has 5 nitrogen and oxygen atoms in total. The van der Waals surface area contributed by atoms with Crippen molar-refractivity contribution in [3.8, 4) is 0 Å². The molecule has 2 aliphatic rings. The monoisotopic (exact) mass is 462 g/mol. The van der Waals surface area contributed by atoms with Gasteiger partial charge in [0.1, 0.15) is 0 Å². The third-order valence-corrected chi connectivity index (χ3v) is 7.46. The van der Waals surface area contributed by atoms with Crippen molar-refractivity contribution >= 4 is 17.6 Å². The topological polar surface area (TPSA) is 72.8 Å². The van der Waals surface area contributed by atoms with Crippen LogP contribution in [0.25, 0.3) is 0 Å². The van der Waals surface area contributed by atoms with Crippen LogP contribution in [0.1, 0.15) is 78.4 Å². The summed E-state index contributed by atoms with van der Waals surface area (Å²) in [5.41, 5.74) is 2.82. The second-order valence-corrected chi connectivity index (χ2v) is 11.6. The Morgan fingerprint density at radius 3 is 2.47 bits per heavy atom. The van der Waals surface area contributed by atoms with Crippen LogP contribution in [0.15, 0.2) is 30.0 Å². The van der Waals surface area contributed by atoms with Gasteiger partial charge in [0.05, 0.1) is 5.54 Å². The molecule has 0 radical (unpaired) electrons. The summed E-state index contributed by atoms with van der Waals surface area (Å²) in [4.78, 5) is 15.0. The number of amides is 2. The summed E-state index contributed by atoms with van der Waals surface area (Å²) in [5.74, 6) is 0.0273. The maximum absolute atomic E-state index is 13.2. The number of hydrogen-bond donors (Lipinski definition) is 3. The van der Waals surface area contributed by atoms with Crippen LogP contribution in [0.3, 0.4) is 0 Å². The Morgan fingerprint density at radius 1 is 1.25 bits per heavy atom. The average Bonchev–Trinajstić information content (AvgIpc) is 3.16. The molecule has 0 aromatic heterocycles. The number of halogens is 1. The fourth-order valence-corrected chi connectivity index (χ4v) is 5.29. The van der Waals surface area contributed by atoms with Crippen LogP contribution >= 0.6 is 11.6 Å². The summed E-state index contributed by atoms with van der Waals surface area (Å²) in [6.45, 7) is 13.0. The summed E-state index contributed by atoms with van der Waals surface area (Å²) >= 11 is 6.69. The van der Waals surface area contributed by atoms with Crippen molar-refractivity contribution < 1.29 is 15.0 Å². The van der Waals surface area contributed by atoms with E-state index in [0.717, 1.165) is 41.0 Å². The second-order valence-electron chi connectivity index (χ2n) is 11.2. The molecule has 1 saturated carbocycles. The van der Waals surface area contributed by atoms with Gasteiger partial charge in [0.25, 0.3) is 0 Å². The fraction of sp³-hybridized carbons (Fsp3) is 0.654. The quantitative estimate of drug-likeness (QED) is 0.483. The number of aryl methyl sites for hydroxylation is 1. The Labute approximate surface area is 197 Å². The molecule has 3 atom stereocenters. The van der Waals surface area contributed by atoms with Crippen molar-refractivity contribution in [2.75, 3.05) is 0 Å². The number of aliphatic hydroxyl groups is 2. The van der Waals surface area contributed by atoms with Gasteiger partial charge >= 0.3 is 6.03 Å². The van der Waals surface area contributed by atoms with E-state index in [9.17, 15) is 15.0 Å². The van der Waals surface area contributed by atoms with Crippen LogP contribution in [0.5, 0.6) is 0 Å². The summed E-state index contributed by atoms with van der Waals surface area (Å²) in [6, 6.07) is 6.00. The van der Waals surface area contributed by atoms with Crippen molar-refractivity contribution in [2.45, 2.75) is 91.5 Å². The molecule has 1 aliphatic carbocycles. The predicted octanol–water partition coefficient (Wildman–Crippen LogP) is 5.58. The summed E-state index contributed by atoms with van der Waals surface area (Å²) in [6.07, 6.45) is 4.70. The number of benzene rings is 1. The molecule has 178 valence electrons. The number of nitrogens with zero attached hydrogens (tertiary/aromatic N) is 1. The lowest BCUT2D eigenvalue weighted by molar-refractivity contribution is -0.0825.